The minimum absolute atomic E-state index is 0.0921. The summed E-state index contributed by atoms with van der Waals surface area (Å²) in [6.07, 6.45) is 1.04. The molecule has 0 spiro atoms. The van der Waals surface area contributed by atoms with E-state index in [0.717, 1.165) is 6.07 Å². The standard InChI is InChI=1S/C13H14ClFO3/c1-2-3-9(13(17)18)7-12(16)8-4-5-11(15)10(14)6-8/h4-6,9H,2-3,7H2,1H3,(H,17,18). The van der Waals surface area contributed by atoms with Crippen molar-refractivity contribution < 1.29 is 19.1 Å². The highest BCUT2D eigenvalue weighted by atomic mass is 35.5. The van der Waals surface area contributed by atoms with Crippen molar-refractivity contribution in [2.45, 2.75) is 26.2 Å². The number of halogens is 2. The van der Waals surface area contributed by atoms with Crippen molar-refractivity contribution in [3.63, 3.8) is 0 Å². The fourth-order valence-corrected chi connectivity index (χ4v) is 1.85. The van der Waals surface area contributed by atoms with Gasteiger partial charge in [-0.1, -0.05) is 24.9 Å². The minimum atomic E-state index is -0.988. The molecule has 3 nitrogen and oxygen atoms in total. The van der Waals surface area contributed by atoms with Crippen LogP contribution >= 0.6 is 11.6 Å². The van der Waals surface area contributed by atoms with E-state index in [1.165, 1.54) is 12.1 Å². The van der Waals surface area contributed by atoms with E-state index in [2.05, 4.69) is 0 Å². The van der Waals surface area contributed by atoms with E-state index < -0.39 is 17.7 Å². The van der Waals surface area contributed by atoms with Crippen LogP contribution in [0.2, 0.25) is 5.02 Å². The maximum absolute atomic E-state index is 12.9. The van der Waals surface area contributed by atoms with Crippen molar-refractivity contribution in [3.8, 4) is 0 Å². The van der Waals surface area contributed by atoms with Crippen molar-refractivity contribution in [3.05, 3.63) is 34.6 Å². The molecule has 0 aliphatic carbocycles. The van der Waals surface area contributed by atoms with Gasteiger partial charge in [0.2, 0.25) is 0 Å². The second kappa shape index (κ2) is 6.50. The van der Waals surface area contributed by atoms with Crippen LogP contribution in [-0.4, -0.2) is 16.9 Å². The zero-order chi connectivity index (χ0) is 13.7. The van der Waals surface area contributed by atoms with Crippen molar-refractivity contribution in [2.24, 2.45) is 5.92 Å². The highest BCUT2D eigenvalue weighted by Gasteiger charge is 2.21. The third kappa shape index (κ3) is 3.81. The molecule has 18 heavy (non-hydrogen) atoms. The summed E-state index contributed by atoms with van der Waals surface area (Å²) in [4.78, 5) is 22.8. The number of rotatable bonds is 6. The molecule has 98 valence electrons. The molecular weight excluding hydrogens is 259 g/mol. The zero-order valence-electron chi connectivity index (χ0n) is 9.95. The third-order valence-corrected chi connectivity index (χ3v) is 2.95. The molecule has 5 heteroatoms. The van der Waals surface area contributed by atoms with E-state index in [1.807, 2.05) is 6.92 Å². The fourth-order valence-electron chi connectivity index (χ4n) is 1.67. The minimum Gasteiger partial charge on any atom is -0.481 e. The van der Waals surface area contributed by atoms with Gasteiger partial charge < -0.3 is 5.11 Å². The number of benzene rings is 1. The van der Waals surface area contributed by atoms with Gasteiger partial charge in [-0.15, -0.1) is 0 Å². The van der Waals surface area contributed by atoms with E-state index in [0.29, 0.717) is 12.8 Å². The van der Waals surface area contributed by atoms with Gasteiger partial charge in [0.25, 0.3) is 0 Å². The highest BCUT2D eigenvalue weighted by molar-refractivity contribution is 6.31. The number of hydrogen-bond donors (Lipinski definition) is 1. The van der Waals surface area contributed by atoms with Crippen LogP contribution in [0.3, 0.4) is 0 Å². The van der Waals surface area contributed by atoms with Gasteiger partial charge in [-0.3, -0.25) is 9.59 Å². The van der Waals surface area contributed by atoms with Crippen LogP contribution in [0.5, 0.6) is 0 Å². The number of aliphatic carboxylic acids is 1. The molecule has 0 aliphatic rings. The van der Waals surface area contributed by atoms with Gasteiger partial charge in [-0.25, -0.2) is 4.39 Å². The van der Waals surface area contributed by atoms with Crippen LogP contribution in [0.15, 0.2) is 18.2 Å². The molecule has 0 saturated carbocycles. The molecule has 1 atom stereocenters. The average molecular weight is 273 g/mol. The van der Waals surface area contributed by atoms with E-state index in [9.17, 15) is 14.0 Å². The summed E-state index contributed by atoms with van der Waals surface area (Å²) in [6, 6.07) is 3.64. The van der Waals surface area contributed by atoms with Gasteiger partial charge in [-0.2, -0.15) is 0 Å². The van der Waals surface area contributed by atoms with E-state index in [1.54, 1.807) is 0 Å². The molecule has 1 aromatic rings. The van der Waals surface area contributed by atoms with Crippen molar-refractivity contribution in [1.29, 1.82) is 0 Å². The molecule has 0 bridgehead atoms. The number of carboxylic acids is 1. The number of carbonyl (C=O) groups is 2. The van der Waals surface area contributed by atoms with Gasteiger partial charge in [0.05, 0.1) is 10.9 Å². The van der Waals surface area contributed by atoms with Gasteiger partial charge in [0.15, 0.2) is 5.78 Å². The smallest absolute Gasteiger partial charge is 0.306 e. The number of carbonyl (C=O) groups excluding carboxylic acids is 1. The molecule has 0 fully saturated rings. The zero-order valence-corrected chi connectivity index (χ0v) is 10.7. The maximum atomic E-state index is 12.9. The van der Waals surface area contributed by atoms with Gasteiger partial charge in [0.1, 0.15) is 5.82 Å². The second-order valence-electron chi connectivity index (χ2n) is 4.08. The van der Waals surface area contributed by atoms with Crippen LogP contribution in [0.4, 0.5) is 4.39 Å². The lowest BCUT2D eigenvalue weighted by molar-refractivity contribution is -0.141. The lowest BCUT2D eigenvalue weighted by Gasteiger charge is -2.10. The lowest BCUT2D eigenvalue weighted by atomic mass is 9.94. The van der Waals surface area contributed by atoms with Gasteiger partial charge in [-0.05, 0) is 24.6 Å². The Balaban J connectivity index is 2.80. The lowest BCUT2D eigenvalue weighted by Crippen LogP contribution is -2.18. The predicted molar refractivity (Wildman–Crippen MR) is 66.4 cm³/mol. The van der Waals surface area contributed by atoms with E-state index in [4.69, 9.17) is 16.7 Å². The SMILES string of the molecule is CCCC(CC(=O)c1ccc(F)c(Cl)c1)C(=O)O. The molecule has 0 radical (unpaired) electrons. The summed E-state index contributed by atoms with van der Waals surface area (Å²) in [6.45, 7) is 1.86. The van der Waals surface area contributed by atoms with E-state index >= 15 is 0 Å². The second-order valence-corrected chi connectivity index (χ2v) is 4.49. The Morgan fingerprint density at radius 3 is 2.61 bits per heavy atom. The van der Waals surface area contributed by atoms with Crippen LogP contribution in [0.25, 0.3) is 0 Å². The van der Waals surface area contributed by atoms with Crippen molar-refractivity contribution >= 4 is 23.4 Å². The first-order valence-electron chi connectivity index (χ1n) is 5.66. The topological polar surface area (TPSA) is 54.4 Å². The van der Waals surface area contributed by atoms with Gasteiger partial charge >= 0.3 is 5.97 Å². The van der Waals surface area contributed by atoms with Crippen molar-refractivity contribution in [2.75, 3.05) is 0 Å². The average Bonchev–Trinajstić information content (AvgIpc) is 2.31. The summed E-state index contributed by atoms with van der Waals surface area (Å²) in [5, 5.41) is 8.82. The molecule has 1 aromatic carbocycles. The van der Waals surface area contributed by atoms with Crippen LogP contribution in [-0.2, 0) is 4.79 Å². The van der Waals surface area contributed by atoms with E-state index in [-0.39, 0.29) is 22.8 Å². The monoisotopic (exact) mass is 272 g/mol. The quantitative estimate of drug-likeness (QED) is 0.806. The predicted octanol–water partition coefficient (Wildman–Crippen LogP) is 3.55. The molecule has 0 heterocycles. The summed E-state index contributed by atoms with van der Waals surface area (Å²) in [7, 11) is 0. The van der Waals surface area contributed by atoms with Crippen LogP contribution < -0.4 is 0 Å². The molecule has 0 amide bonds. The van der Waals surface area contributed by atoms with Gasteiger partial charge in [0, 0.05) is 12.0 Å². The molecule has 1 unspecified atom stereocenters. The summed E-state index contributed by atoms with van der Waals surface area (Å²) in [5.74, 6) is -2.63. The summed E-state index contributed by atoms with van der Waals surface area (Å²) >= 11 is 5.57. The first-order valence-corrected chi connectivity index (χ1v) is 6.04. The number of hydrogen-bond acceptors (Lipinski definition) is 2. The molecule has 0 aliphatic heterocycles. The Kier molecular flexibility index (Phi) is 5.28. The largest absolute Gasteiger partial charge is 0.481 e. The Morgan fingerprint density at radius 1 is 1.44 bits per heavy atom. The summed E-state index contributed by atoms with van der Waals surface area (Å²) in [5.41, 5.74) is 0.240. The first kappa shape index (κ1) is 14.6. The maximum Gasteiger partial charge on any atom is 0.306 e. The Bertz CT molecular complexity index is 460. The normalized spacial score (nSPS) is 12.2. The Labute approximate surface area is 110 Å². The third-order valence-electron chi connectivity index (χ3n) is 2.66. The highest BCUT2D eigenvalue weighted by Crippen LogP contribution is 2.20. The molecule has 0 aromatic heterocycles. The summed E-state index contributed by atoms with van der Waals surface area (Å²) < 4.78 is 12.9. The molecule has 1 rings (SSSR count). The number of ketones is 1. The number of Topliss-reactive ketones (excluding diaryl/α,β-unsaturated/α-hetero) is 1. The van der Waals surface area contributed by atoms with Crippen LogP contribution in [0.1, 0.15) is 36.5 Å². The Hall–Kier alpha value is -1.42. The fraction of sp³-hybridized carbons (Fsp3) is 0.385. The Morgan fingerprint density at radius 2 is 2.11 bits per heavy atom. The number of carboxylic acid groups (broad SMARTS) is 1. The molecular formula is C13H14ClFO3. The first-order chi connectivity index (χ1) is 8.45. The molecule has 1 N–H and O–H groups in total. The van der Waals surface area contributed by atoms with Crippen LogP contribution in [0, 0.1) is 11.7 Å². The molecule has 0 saturated heterocycles. The van der Waals surface area contributed by atoms with Crippen molar-refractivity contribution in [1.82, 2.24) is 0 Å².